The van der Waals surface area contributed by atoms with E-state index in [0.29, 0.717) is 64.3 Å². The zero-order chi connectivity index (χ0) is 101. The number of carbonyl (C=O) groups excluding carboxylic acids is 6. The number of esters is 2. The molecule has 4 unspecified atom stereocenters. The van der Waals surface area contributed by atoms with Crippen molar-refractivity contribution in [2.75, 3.05) is 75.5 Å². The van der Waals surface area contributed by atoms with Crippen LogP contribution in [0.1, 0.15) is 188 Å². The van der Waals surface area contributed by atoms with E-state index >= 15 is 0 Å². The normalized spacial score (nSPS) is 19.8. The lowest BCUT2D eigenvalue weighted by Crippen LogP contribution is -2.42. The maximum Gasteiger partial charge on any atom is 0.326 e. The molecule has 0 aliphatic carbocycles. The minimum atomic E-state index is -3.65. The highest BCUT2D eigenvalue weighted by molar-refractivity contribution is 7.60. The number of amides is 4. The minimum Gasteiger partial charge on any atom is -0.480 e. The lowest BCUT2D eigenvalue weighted by atomic mass is 9.96. The highest BCUT2D eigenvalue weighted by atomic mass is 31.2. The average molecular weight is 2000 g/mol. The van der Waals surface area contributed by atoms with Crippen LogP contribution in [0.3, 0.4) is 0 Å². The number of benzene rings is 8. The quantitative estimate of drug-likeness (QED) is 0.00892. The van der Waals surface area contributed by atoms with E-state index in [4.69, 9.17) is 18.5 Å². The highest BCUT2D eigenvalue weighted by Crippen LogP contribution is 2.53. The van der Waals surface area contributed by atoms with Crippen LogP contribution >= 0.6 is 29.5 Å². The lowest BCUT2D eigenvalue weighted by molar-refractivity contribution is -0.170. The number of hydrogen-bond acceptors (Lipinski definition) is 18. The molecular weight excluding hydrogens is 1860 g/mol. The Kier molecular flexibility index (Phi) is 45.7. The summed E-state index contributed by atoms with van der Waals surface area (Å²) >= 11 is 0. The number of nitrogens with zero attached hydrogens (tertiary/aromatic N) is 4. The van der Waals surface area contributed by atoms with Gasteiger partial charge in [-0.05, 0) is 172 Å². The van der Waals surface area contributed by atoms with Gasteiger partial charge in [0.2, 0.25) is 65.7 Å². The van der Waals surface area contributed by atoms with Crippen LogP contribution in [-0.4, -0.2) is 221 Å². The summed E-state index contributed by atoms with van der Waals surface area (Å²) in [5.41, 5.74) is 8.80. The molecular formula is C108H140N4O24P4. The third-order valence-electron chi connectivity index (χ3n) is 25.6. The first-order valence-corrected chi connectivity index (χ1v) is 56.9. The Hall–Kier alpha value is -10.8. The first-order valence-electron chi connectivity index (χ1n) is 48.9. The molecule has 8 aromatic carbocycles. The number of unbranched alkanes of at least 4 members (excludes halogenated alkanes) is 4. The summed E-state index contributed by atoms with van der Waals surface area (Å²) < 4.78 is 76.4. The SMILES string of the molecule is CCC(=O)O[C@H](OP(=O)(CCCCc1ccccc1)CC(=O)N1C[C@H](Cc2ccccc2)C[C@H]1C(=O)O)C(C)C.CCC(=O)O[C@H](OP(=O)(CCCCc1ccccc1)CC(=O)N1C[C@H](c2ccccc2)C[C@H]1C(=O)O)C(C)C.O=C(O)[C@@H]1C[C@@H](Cc2ccccc2)CN1C(=O)CP(=O)(O)CCCCc1ccccc1.O=C(O)[C@@H]1C[C@@H](c2ccccc2)CN1C(=O)CP(=O)(O)CCCCc1ccccc1. The van der Waals surface area contributed by atoms with Crippen molar-refractivity contribution in [3.8, 4) is 0 Å². The predicted molar refractivity (Wildman–Crippen MR) is 540 cm³/mol. The van der Waals surface area contributed by atoms with Gasteiger partial charge >= 0.3 is 35.8 Å². The predicted octanol–water partition coefficient (Wildman–Crippen LogP) is 19.1. The Balaban J connectivity index is 0.000000210. The van der Waals surface area contributed by atoms with Crippen molar-refractivity contribution in [1.82, 2.24) is 19.6 Å². The van der Waals surface area contributed by atoms with Crippen LogP contribution in [0, 0.1) is 23.7 Å². The summed E-state index contributed by atoms with van der Waals surface area (Å²) in [4.78, 5) is 150. The van der Waals surface area contributed by atoms with Gasteiger partial charge in [-0.2, -0.15) is 0 Å². The maximum atomic E-state index is 14.2. The number of ether oxygens (including phenoxy) is 2. The number of aliphatic carboxylic acids is 4. The van der Waals surface area contributed by atoms with Crippen molar-refractivity contribution in [1.29, 1.82) is 0 Å². The molecule has 4 aliphatic rings. The number of hydrogen-bond donors (Lipinski definition) is 6. The van der Waals surface area contributed by atoms with Gasteiger partial charge in [0.25, 0.3) is 0 Å². The topological polar surface area (TPSA) is 410 Å². The summed E-state index contributed by atoms with van der Waals surface area (Å²) in [6, 6.07) is 74.4. The molecule has 4 aliphatic heterocycles. The molecule has 0 spiro atoms. The molecule has 8 aromatic rings. The molecule has 12 rings (SSSR count). The summed E-state index contributed by atoms with van der Waals surface area (Å²) in [6.07, 6.45) is 7.81. The van der Waals surface area contributed by atoms with Gasteiger partial charge in [0.1, 0.15) is 48.8 Å². The number of rotatable bonds is 48. The van der Waals surface area contributed by atoms with Gasteiger partial charge in [-0.15, -0.1) is 0 Å². The molecule has 0 radical (unpaired) electrons. The van der Waals surface area contributed by atoms with E-state index in [1.807, 2.05) is 243 Å². The first-order chi connectivity index (χ1) is 66.9. The molecule has 0 aromatic heterocycles. The highest BCUT2D eigenvalue weighted by Gasteiger charge is 2.48. The second-order valence-electron chi connectivity index (χ2n) is 37.6. The monoisotopic (exact) mass is 2000 g/mol. The van der Waals surface area contributed by atoms with Crippen molar-refractivity contribution in [2.45, 2.75) is 219 Å². The molecule has 28 nitrogen and oxygen atoms in total. The Labute approximate surface area is 823 Å². The summed E-state index contributed by atoms with van der Waals surface area (Å²) in [5, 5.41) is 38.9. The molecule has 4 fully saturated rings. The van der Waals surface area contributed by atoms with Gasteiger partial charge in [-0.25, -0.2) is 19.2 Å². The van der Waals surface area contributed by atoms with Crippen molar-refractivity contribution in [3.05, 3.63) is 287 Å². The van der Waals surface area contributed by atoms with Crippen LogP contribution in [0.4, 0.5) is 0 Å². The van der Waals surface area contributed by atoms with Gasteiger partial charge in [-0.3, -0.25) is 56.1 Å². The second-order valence-corrected chi connectivity index (χ2v) is 47.7. The molecule has 756 valence electrons. The second kappa shape index (κ2) is 56.8. The standard InChI is InChI=1S/C31H42NO7P.C30H40NO7P.C24H30NO5P.C23H28NO5P/c1-4-29(34)38-31(23(2)3)39-40(37,18-12-11-15-24-13-7-5-8-14-24)22-28(33)32-21-26(20-27(32)30(35)36)19-25-16-9-6-10-17-25;1-4-28(33)37-30(22(2)3)38-39(36,18-12-11-15-23-13-7-5-8-14-23)21-27(32)31-20-25(19-26(31)29(34)35)24-16-9-6-10-17-24;26-23(18-31(29,30)14-8-7-11-19-9-3-1-4-10-19)25-17-21(16-22(25)24(27)28)15-20-12-5-2-6-13-20;25-22(17-30(28,29)14-8-7-11-18-9-3-1-4-10-18)24-16-20(15-21(24)23(26)27)19-12-5-2-6-13-19/h5-10,13-14,16-17,23,26-27,31H,4,11-12,15,18-22H2,1-3H3,(H,35,36);5-10,13-14,16-17,22,25-26,30H,4,11-12,15,18-21H2,1-3H3,(H,34,35);1-6,9-10,12-13,21-22H,7-8,11,14-18H2,(H,27,28)(H,29,30);1-6,9-10,12-13,20-21H,7-8,11,14-17H2,(H,26,27)(H,28,29)/t26-,27+,31-,40?;25-,26+,30-,39?;21-,22+;20-,21+/m1111/s1. The van der Waals surface area contributed by atoms with Gasteiger partial charge in [0, 0.05) is 87.3 Å². The maximum absolute atomic E-state index is 14.2. The Morgan fingerprint density at radius 3 is 0.807 bits per heavy atom. The summed E-state index contributed by atoms with van der Waals surface area (Å²) in [7, 11) is -14.6. The summed E-state index contributed by atoms with van der Waals surface area (Å²) in [6.45, 7) is 11.6. The fraction of sp³-hybridized carbons (Fsp3) is 0.463. The van der Waals surface area contributed by atoms with E-state index in [2.05, 4.69) is 0 Å². The number of carboxylic acids is 4. The van der Waals surface area contributed by atoms with Crippen molar-refractivity contribution in [2.24, 2.45) is 23.7 Å². The number of likely N-dealkylation sites (tertiary alicyclic amines) is 4. The Bertz CT molecular complexity index is 5450. The zero-order valence-corrected chi connectivity index (χ0v) is 84.8. The molecule has 4 heterocycles. The van der Waals surface area contributed by atoms with Gasteiger partial charge in [0.15, 0.2) is 0 Å². The first kappa shape index (κ1) is 113. The third-order valence-corrected chi connectivity index (χ3v) is 33.8. The summed E-state index contributed by atoms with van der Waals surface area (Å²) in [5.74, 6) is -8.11. The van der Waals surface area contributed by atoms with Crippen molar-refractivity contribution < 1.29 is 115 Å². The van der Waals surface area contributed by atoms with Gasteiger partial charge < -0.3 is 59.3 Å². The molecule has 4 saturated heterocycles. The van der Waals surface area contributed by atoms with E-state index in [1.165, 1.54) is 30.7 Å². The average Bonchev–Trinajstić information content (AvgIpc) is 1.67. The fourth-order valence-corrected chi connectivity index (χ4v) is 25.6. The lowest BCUT2D eigenvalue weighted by Gasteiger charge is -2.29. The van der Waals surface area contributed by atoms with Crippen molar-refractivity contribution >= 4 is 88.9 Å². The Morgan fingerprint density at radius 2 is 0.550 bits per heavy atom. The van der Waals surface area contributed by atoms with Crippen LogP contribution in [0.5, 0.6) is 0 Å². The van der Waals surface area contributed by atoms with Crippen LogP contribution in [0.2, 0.25) is 0 Å². The molecule has 140 heavy (non-hydrogen) atoms. The third kappa shape index (κ3) is 37.9. The van der Waals surface area contributed by atoms with Crippen molar-refractivity contribution in [3.63, 3.8) is 0 Å². The molecule has 0 bridgehead atoms. The number of carboxylic acid groups (broad SMARTS) is 4. The smallest absolute Gasteiger partial charge is 0.326 e. The zero-order valence-electron chi connectivity index (χ0n) is 81.3. The van der Waals surface area contributed by atoms with E-state index in [-0.39, 0.29) is 99.1 Å². The van der Waals surface area contributed by atoms with Gasteiger partial charge in [0.05, 0.1) is 0 Å². The molecule has 32 heteroatoms. The van der Waals surface area contributed by atoms with Crippen LogP contribution in [-0.2, 0) is 123 Å². The largest absolute Gasteiger partial charge is 0.480 e. The van der Waals surface area contributed by atoms with E-state index in [9.17, 15) is 96.4 Å². The minimum absolute atomic E-state index is 0.0208. The molecule has 6 N–H and O–H groups in total. The van der Waals surface area contributed by atoms with Crippen LogP contribution < -0.4 is 0 Å². The number of carbonyl (C=O) groups is 10. The molecule has 0 saturated carbocycles. The van der Waals surface area contributed by atoms with E-state index in [1.54, 1.807) is 41.5 Å². The Morgan fingerprint density at radius 1 is 0.314 bits per heavy atom. The van der Waals surface area contributed by atoms with E-state index in [0.717, 1.165) is 84.7 Å². The van der Waals surface area contributed by atoms with Gasteiger partial charge in [-0.1, -0.05) is 284 Å². The van der Waals surface area contributed by atoms with Crippen LogP contribution in [0.15, 0.2) is 243 Å². The molecule has 4 amide bonds. The fourth-order valence-electron chi connectivity index (χ4n) is 18.1. The number of aryl methyl sites for hydroxylation is 4. The van der Waals surface area contributed by atoms with Crippen LogP contribution in [0.25, 0.3) is 0 Å². The molecule has 14 atom stereocenters. The van der Waals surface area contributed by atoms with E-state index < -0.39 is 150 Å².